The zero-order chi connectivity index (χ0) is 12.1. The van der Waals surface area contributed by atoms with E-state index in [1.165, 1.54) is 0 Å². The fourth-order valence-electron chi connectivity index (χ4n) is 1.44. The van der Waals surface area contributed by atoms with Crippen molar-refractivity contribution in [3.8, 4) is 0 Å². The SMILES string of the molecule is CN=C(Nc1cccnc1)c1ccc(Cl)cc1. The fourth-order valence-corrected chi connectivity index (χ4v) is 1.56. The molecule has 2 aromatic rings. The van der Waals surface area contributed by atoms with E-state index in [-0.39, 0.29) is 0 Å². The lowest BCUT2D eigenvalue weighted by Crippen LogP contribution is -2.13. The Morgan fingerprint density at radius 2 is 2.00 bits per heavy atom. The van der Waals surface area contributed by atoms with Gasteiger partial charge in [-0.15, -0.1) is 0 Å². The Hall–Kier alpha value is -1.87. The smallest absolute Gasteiger partial charge is 0.132 e. The van der Waals surface area contributed by atoms with Crippen LogP contribution < -0.4 is 5.32 Å². The molecule has 1 aromatic heterocycles. The van der Waals surface area contributed by atoms with E-state index in [0.717, 1.165) is 17.1 Å². The molecule has 0 atom stereocenters. The molecule has 0 aliphatic carbocycles. The number of hydrogen-bond donors (Lipinski definition) is 1. The third kappa shape index (κ3) is 3.04. The highest BCUT2D eigenvalue weighted by Crippen LogP contribution is 2.12. The first-order chi connectivity index (χ1) is 8.29. The summed E-state index contributed by atoms with van der Waals surface area (Å²) in [7, 11) is 1.74. The van der Waals surface area contributed by atoms with Gasteiger partial charge in [-0.3, -0.25) is 9.98 Å². The standard InChI is InChI=1S/C13H12ClN3/c1-15-13(10-4-6-11(14)7-5-10)17-12-3-2-8-16-9-12/h2-9H,1H3,(H,15,17). The van der Waals surface area contributed by atoms with Crippen molar-refractivity contribution in [1.82, 2.24) is 4.98 Å². The molecule has 1 N–H and O–H groups in total. The number of amidine groups is 1. The van der Waals surface area contributed by atoms with Gasteiger partial charge in [0.1, 0.15) is 5.84 Å². The van der Waals surface area contributed by atoms with Gasteiger partial charge in [-0.2, -0.15) is 0 Å². The van der Waals surface area contributed by atoms with Crippen LogP contribution in [0.25, 0.3) is 0 Å². The van der Waals surface area contributed by atoms with Crippen molar-refractivity contribution >= 4 is 23.1 Å². The van der Waals surface area contributed by atoms with Crippen LogP contribution in [0.4, 0.5) is 5.69 Å². The van der Waals surface area contributed by atoms with E-state index in [2.05, 4.69) is 15.3 Å². The van der Waals surface area contributed by atoms with Crippen molar-refractivity contribution in [3.63, 3.8) is 0 Å². The molecule has 0 saturated carbocycles. The summed E-state index contributed by atoms with van der Waals surface area (Å²) >= 11 is 5.85. The summed E-state index contributed by atoms with van der Waals surface area (Å²) in [5, 5.41) is 3.92. The van der Waals surface area contributed by atoms with E-state index in [0.29, 0.717) is 5.02 Å². The Labute approximate surface area is 105 Å². The summed E-state index contributed by atoms with van der Waals surface area (Å²) < 4.78 is 0. The highest BCUT2D eigenvalue weighted by atomic mass is 35.5. The number of nitrogens with zero attached hydrogens (tertiary/aromatic N) is 2. The monoisotopic (exact) mass is 245 g/mol. The summed E-state index contributed by atoms with van der Waals surface area (Å²) in [4.78, 5) is 8.26. The normalized spacial score (nSPS) is 11.3. The van der Waals surface area contributed by atoms with E-state index in [1.54, 1.807) is 19.4 Å². The Morgan fingerprint density at radius 3 is 2.59 bits per heavy atom. The van der Waals surface area contributed by atoms with Crippen molar-refractivity contribution < 1.29 is 0 Å². The second-order valence-corrected chi connectivity index (χ2v) is 3.88. The van der Waals surface area contributed by atoms with Crippen LogP contribution in [0.15, 0.2) is 53.8 Å². The lowest BCUT2D eigenvalue weighted by Gasteiger charge is -2.09. The van der Waals surface area contributed by atoms with Crippen LogP contribution in [-0.4, -0.2) is 17.9 Å². The summed E-state index contributed by atoms with van der Waals surface area (Å²) in [6.07, 6.45) is 3.48. The molecule has 0 aliphatic rings. The van der Waals surface area contributed by atoms with E-state index in [1.807, 2.05) is 36.4 Å². The number of rotatable bonds is 2. The first kappa shape index (κ1) is 11.6. The Balaban J connectivity index is 2.21. The Bertz CT molecular complexity index is 506. The van der Waals surface area contributed by atoms with Crippen LogP contribution in [-0.2, 0) is 0 Å². The molecule has 1 heterocycles. The molecule has 2 rings (SSSR count). The van der Waals surface area contributed by atoms with E-state index in [9.17, 15) is 0 Å². The molecule has 3 nitrogen and oxygen atoms in total. The highest BCUT2D eigenvalue weighted by molar-refractivity contribution is 6.30. The van der Waals surface area contributed by atoms with Crippen LogP contribution in [0, 0.1) is 0 Å². The third-order valence-electron chi connectivity index (χ3n) is 2.27. The van der Waals surface area contributed by atoms with Crippen LogP contribution in [0.1, 0.15) is 5.56 Å². The van der Waals surface area contributed by atoms with E-state index >= 15 is 0 Å². The molecule has 0 fully saturated rings. The van der Waals surface area contributed by atoms with E-state index in [4.69, 9.17) is 11.6 Å². The molecule has 17 heavy (non-hydrogen) atoms. The minimum Gasteiger partial charge on any atom is -0.339 e. The number of nitrogens with one attached hydrogen (secondary N) is 1. The second-order valence-electron chi connectivity index (χ2n) is 3.45. The maximum Gasteiger partial charge on any atom is 0.132 e. The number of aromatic nitrogens is 1. The molecule has 0 saturated heterocycles. The number of hydrogen-bond acceptors (Lipinski definition) is 2. The highest BCUT2D eigenvalue weighted by Gasteiger charge is 2.02. The van der Waals surface area contributed by atoms with Crippen molar-refractivity contribution in [2.75, 3.05) is 12.4 Å². The fraction of sp³-hybridized carbons (Fsp3) is 0.0769. The molecular weight excluding hydrogens is 234 g/mol. The Kier molecular flexibility index (Phi) is 3.73. The van der Waals surface area contributed by atoms with Gasteiger partial charge < -0.3 is 5.32 Å². The number of aliphatic imine (C=N–C) groups is 1. The molecule has 4 heteroatoms. The minimum atomic E-state index is 0.714. The van der Waals surface area contributed by atoms with Crippen LogP contribution in [0.3, 0.4) is 0 Å². The quantitative estimate of drug-likeness (QED) is 0.652. The van der Waals surface area contributed by atoms with E-state index < -0.39 is 0 Å². The van der Waals surface area contributed by atoms with Crippen LogP contribution in [0.5, 0.6) is 0 Å². The van der Waals surface area contributed by atoms with Gasteiger partial charge in [-0.25, -0.2) is 0 Å². The first-order valence-electron chi connectivity index (χ1n) is 5.19. The number of benzene rings is 1. The number of pyridine rings is 1. The van der Waals surface area contributed by atoms with Gasteiger partial charge in [0.15, 0.2) is 0 Å². The molecule has 0 amide bonds. The molecule has 0 unspecified atom stereocenters. The predicted octanol–water partition coefficient (Wildman–Crippen LogP) is 3.22. The largest absolute Gasteiger partial charge is 0.339 e. The zero-order valence-electron chi connectivity index (χ0n) is 9.39. The number of halogens is 1. The summed E-state index contributed by atoms with van der Waals surface area (Å²) in [5.74, 6) is 0.787. The maximum atomic E-state index is 5.85. The van der Waals surface area contributed by atoms with Crippen LogP contribution in [0.2, 0.25) is 5.02 Å². The molecule has 0 aliphatic heterocycles. The predicted molar refractivity (Wildman–Crippen MR) is 71.8 cm³/mol. The van der Waals surface area contributed by atoms with Gasteiger partial charge in [0.05, 0.1) is 11.9 Å². The second kappa shape index (κ2) is 5.46. The first-order valence-corrected chi connectivity index (χ1v) is 5.57. The van der Waals surface area contributed by atoms with Crippen molar-refractivity contribution in [1.29, 1.82) is 0 Å². The van der Waals surface area contributed by atoms with Gasteiger partial charge in [0, 0.05) is 23.8 Å². The molecule has 0 spiro atoms. The van der Waals surface area contributed by atoms with Crippen molar-refractivity contribution in [2.45, 2.75) is 0 Å². The average Bonchev–Trinajstić information content (AvgIpc) is 2.38. The lowest BCUT2D eigenvalue weighted by molar-refractivity contribution is 1.32. The average molecular weight is 246 g/mol. The van der Waals surface area contributed by atoms with Crippen LogP contribution >= 0.6 is 11.6 Å². The summed E-state index contributed by atoms with van der Waals surface area (Å²) in [6.45, 7) is 0. The van der Waals surface area contributed by atoms with Crippen molar-refractivity contribution in [2.24, 2.45) is 4.99 Å². The van der Waals surface area contributed by atoms with Gasteiger partial charge in [0.2, 0.25) is 0 Å². The molecule has 0 bridgehead atoms. The molecule has 0 radical (unpaired) electrons. The summed E-state index contributed by atoms with van der Waals surface area (Å²) in [5.41, 5.74) is 1.89. The molecule has 86 valence electrons. The maximum absolute atomic E-state index is 5.85. The van der Waals surface area contributed by atoms with Crippen molar-refractivity contribution in [3.05, 3.63) is 59.4 Å². The van der Waals surface area contributed by atoms with Gasteiger partial charge in [0.25, 0.3) is 0 Å². The third-order valence-corrected chi connectivity index (χ3v) is 2.52. The lowest BCUT2D eigenvalue weighted by atomic mass is 10.2. The zero-order valence-corrected chi connectivity index (χ0v) is 10.1. The molecular formula is C13H12ClN3. The topological polar surface area (TPSA) is 37.3 Å². The summed E-state index contributed by atoms with van der Waals surface area (Å²) in [6, 6.07) is 11.3. The Morgan fingerprint density at radius 1 is 1.24 bits per heavy atom. The number of anilines is 1. The van der Waals surface area contributed by atoms with Gasteiger partial charge >= 0.3 is 0 Å². The minimum absolute atomic E-state index is 0.714. The van der Waals surface area contributed by atoms with Gasteiger partial charge in [-0.05, 0) is 36.4 Å². The van der Waals surface area contributed by atoms with Gasteiger partial charge in [-0.1, -0.05) is 11.6 Å². The molecule has 1 aromatic carbocycles.